The van der Waals surface area contributed by atoms with E-state index in [1.165, 1.54) is 6.26 Å². The van der Waals surface area contributed by atoms with Crippen molar-refractivity contribution in [2.75, 3.05) is 13.4 Å². The minimum Gasteiger partial charge on any atom is -0.496 e. The number of rotatable bonds is 5. The standard InChI is InChI=1S/C13H22N2O3S/c1-9-6-7-11(18-4)10(8-9)12(15-14)13(2,3)19(5,16)17/h6-8,12,15H,14H2,1-5H3. The Hall–Kier alpha value is -1.11. The molecule has 0 heterocycles. The smallest absolute Gasteiger partial charge is 0.154 e. The number of hydrogen-bond acceptors (Lipinski definition) is 5. The lowest BCUT2D eigenvalue weighted by Gasteiger charge is -2.33. The van der Waals surface area contributed by atoms with Gasteiger partial charge in [-0.15, -0.1) is 0 Å². The molecule has 6 heteroatoms. The van der Waals surface area contributed by atoms with Crippen molar-refractivity contribution in [3.8, 4) is 5.75 Å². The van der Waals surface area contributed by atoms with Crippen molar-refractivity contribution >= 4 is 9.84 Å². The summed E-state index contributed by atoms with van der Waals surface area (Å²) in [5.74, 6) is 6.21. The maximum Gasteiger partial charge on any atom is 0.154 e. The highest BCUT2D eigenvalue weighted by atomic mass is 32.2. The molecule has 0 radical (unpaired) electrons. The first-order chi connectivity index (χ1) is 8.65. The second kappa shape index (κ2) is 5.48. The van der Waals surface area contributed by atoms with Crippen molar-refractivity contribution in [1.82, 2.24) is 5.43 Å². The lowest BCUT2D eigenvalue weighted by atomic mass is 9.93. The van der Waals surface area contributed by atoms with Crippen LogP contribution in [0.5, 0.6) is 5.75 Å². The number of sulfone groups is 1. The average molecular weight is 286 g/mol. The molecule has 108 valence electrons. The Kier molecular flexibility index (Phi) is 4.60. The molecule has 0 aromatic heterocycles. The number of hydrazine groups is 1. The van der Waals surface area contributed by atoms with Gasteiger partial charge in [0.1, 0.15) is 5.75 Å². The molecule has 0 amide bonds. The van der Waals surface area contributed by atoms with Gasteiger partial charge in [0.25, 0.3) is 0 Å². The van der Waals surface area contributed by atoms with E-state index in [9.17, 15) is 8.42 Å². The second-order valence-corrected chi connectivity index (χ2v) is 7.82. The van der Waals surface area contributed by atoms with E-state index in [1.807, 2.05) is 25.1 Å². The van der Waals surface area contributed by atoms with E-state index in [-0.39, 0.29) is 0 Å². The van der Waals surface area contributed by atoms with E-state index in [4.69, 9.17) is 10.6 Å². The fraction of sp³-hybridized carbons (Fsp3) is 0.538. The zero-order valence-electron chi connectivity index (χ0n) is 12.0. The Morgan fingerprint density at radius 1 is 1.37 bits per heavy atom. The highest BCUT2D eigenvalue weighted by molar-refractivity contribution is 7.92. The molecule has 0 fully saturated rings. The topological polar surface area (TPSA) is 81.4 Å². The van der Waals surface area contributed by atoms with Gasteiger partial charge in [0.05, 0.1) is 17.9 Å². The van der Waals surface area contributed by atoms with E-state index in [1.54, 1.807) is 21.0 Å². The van der Waals surface area contributed by atoms with Gasteiger partial charge >= 0.3 is 0 Å². The summed E-state index contributed by atoms with van der Waals surface area (Å²) in [6.45, 7) is 5.23. The van der Waals surface area contributed by atoms with E-state index in [0.717, 1.165) is 11.1 Å². The summed E-state index contributed by atoms with van der Waals surface area (Å²) in [7, 11) is -1.75. The zero-order valence-corrected chi connectivity index (χ0v) is 12.8. The number of nitrogens with one attached hydrogen (secondary N) is 1. The van der Waals surface area contributed by atoms with Crippen LogP contribution in [-0.4, -0.2) is 26.5 Å². The third-order valence-corrected chi connectivity index (χ3v) is 5.66. The first-order valence-electron chi connectivity index (χ1n) is 5.95. The molecule has 1 aromatic carbocycles. The SMILES string of the molecule is COc1ccc(C)cc1C(NN)C(C)(C)S(C)(=O)=O. The van der Waals surface area contributed by atoms with Gasteiger partial charge < -0.3 is 4.74 Å². The quantitative estimate of drug-likeness (QED) is 0.630. The Bertz CT molecular complexity index is 553. The maximum atomic E-state index is 12.0. The lowest BCUT2D eigenvalue weighted by Crippen LogP contribution is -2.47. The molecule has 0 saturated heterocycles. The third kappa shape index (κ3) is 3.08. The Morgan fingerprint density at radius 3 is 2.37 bits per heavy atom. The number of benzene rings is 1. The van der Waals surface area contributed by atoms with E-state index in [0.29, 0.717) is 5.75 Å². The second-order valence-electron chi connectivity index (χ2n) is 5.22. The summed E-state index contributed by atoms with van der Waals surface area (Å²) in [5, 5.41) is 0. The normalized spacial score (nSPS) is 14.2. The minimum atomic E-state index is -3.30. The van der Waals surface area contributed by atoms with Gasteiger partial charge in [-0.1, -0.05) is 17.7 Å². The Labute approximate surface area is 115 Å². The number of nitrogens with two attached hydrogens (primary N) is 1. The molecule has 0 aliphatic heterocycles. The largest absolute Gasteiger partial charge is 0.496 e. The molecule has 19 heavy (non-hydrogen) atoms. The van der Waals surface area contributed by atoms with Crippen LogP contribution in [0.3, 0.4) is 0 Å². The van der Waals surface area contributed by atoms with E-state index >= 15 is 0 Å². The van der Waals surface area contributed by atoms with Crippen LogP contribution in [0.25, 0.3) is 0 Å². The summed E-state index contributed by atoms with van der Waals surface area (Å²) in [6, 6.07) is 5.05. The van der Waals surface area contributed by atoms with Crippen molar-refractivity contribution in [2.45, 2.75) is 31.6 Å². The average Bonchev–Trinajstić information content (AvgIpc) is 2.28. The zero-order chi connectivity index (χ0) is 14.8. The van der Waals surface area contributed by atoms with Crippen molar-refractivity contribution in [3.63, 3.8) is 0 Å². The summed E-state index contributed by atoms with van der Waals surface area (Å²) in [5.41, 5.74) is 4.36. The highest BCUT2D eigenvalue weighted by Crippen LogP contribution is 2.36. The van der Waals surface area contributed by atoms with E-state index < -0.39 is 20.6 Å². The molecule has 0 bridgehead atoms. The van der Waals surface area contributed by atoms with Gasteiger partial charge in [-0.05, 0) is 26.8 Å². The van der Waals surface area contributed by atoms with Crippen LogP contribution in [0.15, 0.2) is 18.2 Å². The van der Waals surface area contributed by atoms with Crippen LogP contribution in [0.1, 0.15) is 31.0 Å². The van der Waals surface area contributed by atoms with Gasteiger partial charge in [0.2, 0.25) is 0 Å². The monoisotopic (exact) mass is 286 g/mol. The molecule has 0 aliphatic carbocycles. The van der Waals surface area contributed by atoms with Crippen LogP contribution >= 0.6 is 0 Å². The number of ether oxygens (including phenoxy) is 1. The molecule has 5 nitrogen and oxygen atoms in total. The van der Waals surface area contributed by atoms with Gasteiger partial charge in [-0.3, -0.25) is 11.3 Å². The molecule has 1 atom stereocenters. The molecule has 1 unspecified atom stereocenters. The summed E-state index contributed by atoms with van der Waals surface area (Å²) in [6.07, 6.45) is 1.21. The molecule has 0 spiro atoms. The van der Waals surface area contributed by atoms with Crippen LogP contribution in [0.4, 0.5) is 0 Å². The molecule has 0 aliphatic rings. The molecular formula is C13H22N2O3S. The van der Waals surface area contributed by atoms with Crippen LogP contribution < -0.4 is 16.0 Å². The fourth-order valence-electron chi connectivity index (χ4n) is 1.96. The summed E-state index contributed by atoms with van der Waals surface area (Å²) >= 11 is 0. The molecule has 1 aromatic rings. The minimum absolute atomic E-state index is 0.558. The number of hydrogen-bond donors (Lipinski definition) is 2. The lowest BCUT2D eigenvalue weighted by molar-refractivity contribution is 0.378. The predicted octanol–water partition coefficient (Wildman–Crippen LogP) is 1.33. The summed E-state index contributed by atoms with van der Waals surface area (Å²) in [4.78, 5) is 0. The van der Waals surface area contributed by atoms with Gasteiger partial charge in [-0.2, -0.15) is 0 Å². The highest BCUT2D eigenvalue weighted by Gasteiger charge is 2.40. The molecule has 0 saturated carbocycles. The van der Waals surface area contributed by atoms with Crippen molar-refractivity contribution in [1.29, 1.82) is 0 Å². The number of aryl methyl sites for hydroxylation is 1. The van der Waals surface area contributed by atoms with E-state index in [2.05, 4.69) is 5.43 Å². The maximum absolute atomic E-state index is 12.0. The van der Waals surface area contributed by atoms with Crippen LogP contribution in [0, 0.1) is 6.92 Å². The van der Waals surface area contributed by atoms with Crippen LogP contribution in [-0.2, 0) is 9.84 Å². The van der Waals surface area contributed by atoms with Crippen molar-refractivity contribution < 1.29 is 13.2 Å². The predicted molar refractivity (Wildman–Crippen MR) is 76.7 cm³/mol. The van der Waals surface area contributed by atoms with Crippen molar-refractivity contribution in [3.05, 3.63) is 29.3 Å². The first kappa shape index (κ1) is 15.9. The van der Waals surface area contributed by atoms with Gasteiger partial charge in [-0.25, -0.2) is 8.42 Å². The molecule has 1 rings (SSSR count). The fourth-order valence-corrected chi connectivity index (χ4v) is 2.58. The van der Waals surface area contributed by atoms with Crippen LogP contribution in [0.2, 0.25) is 0 Å². The molecular weight excluding hydrogens is 264 g/mol. The third-order valence-electron chi connectivity index (χ3n) is 3.51. The Morgan fingerprint density at radius 2 is 1.95 bits per heavy atom. The first-order valence-corrected chi connectivity index (χ1v) is 7.84. The summed E-state index contributed by atoms with van der Waals surface area (Å²) < 4.78 is 28.2. The Balaban J connectivity index is 3.44. The van der Waals surface area contributed by atoms with Crippen molar-refractivity contribution in [2.24, 2.45) is 5.84 Å². The van der Waals surface area contributed by atoms with Gasteiger partial charge in [0.15, 0.2) is 9.84 Å². The molecule has 3 N–H and O–H groups in total. The van der Waals surface area contributed by atoms with Gasteiger partial charge in [0, 0.05) is 11.8 Å². The number of methoxy groups -OCH3 is 1.